The van der Waals surface area contributed by atoms with E-state index in [9.17, 15) is 9.59 Å². The lowest BCUT2D eigenvalue weighted by Gasteiger charge is -2.08. The molecule has 0 bridgehead atoms. The summed E-state index contributed by atoms with van der Waals surface area (Å²) in [5.41, 5.74) is 1.42. The molecule has 0 radical (unpaired) electrons. The molecule has 0 aliphatic heterocycles. The maximum atomic E-state index is 12.3. The molecule has 3 aromatic rings. The Balaban J connectivity index is 1.42. The number of benzene rings is 2. The molecule has 0 spiro atoms. The van der Waals surface area contributed by atoms with Crippen LogP contribution in [0, 0.1) is 0 Å². The molecule has 1 aromatic heterocycles. The van der Waals surface area contributed by atoms with Crippen LogP contribution in [0.2, 0.25) is 0 Å². The van der Waals surface area contributed by atoms with Crippen molar-refractivity contribution in [3.63, 3.8) is 0 Å². The Kier molecular flexibility index (Phi) is 7.51. The molecular weight excluding hydrogens is 400 g/mol. The minimum atomic E-state index is -0.241. The Morgan fingerprint density at radius 1 is 1.03 bits per heavy atom. The van der Waals surface area contributed by atoms with Gasteiger partial charge in [-0.3, -0.25) is 14.9 Å². The van der Waals surface area contributed by atoms with Gasteiger partial charge in [0.15, 0.2) is 0 Å². The van der Waals surface area contributed by atoms with Crippen LogP contribution in [0.15, 0.2) is 54.6 Å². The van der Waals surface area contributed by atoms with Gasteiger partial charge in [0.1, 0.15) is 10.8 Å². The predicted molar refractivity (Wildman–Crippen MR) is 117 cm³/mol. The maximum absolute atomic E-state index is 12.3. The van der Waals surface area contributed by atoms with Crippen molar-refractivity contribution in [1.29, 1.82) is 0 Å². The van der Waals surface area contributed by atoms with Crippen LogP contribution >= 0.6 is 11.3 Å². The first kappa shape index (κ1) is 21.4. The Morgan fingerprint density at radius 2 is 1.77 bits per heavy atom. The highest BCUT2D eigenvalue weighted by atomic mass is 32.1. The fourth-order valence-electron chi connectivity index (χ4n) is 2.53. The monoisotopic (exact) mass is 424 g/mol. The van der Waals surface area contributed by atoms with Gasteiger partial charge in [-0.25, -0.2) is 0 Å². The van der Waals surface area contributed by atoms with Crippen molar-refractivity contribution >= 4 is 28.3 Å². The fourth-order valence-corrected chi connectivity index (χ4v) is 3.27. The predicted octanol–water partition coefficient (Wildman–Crippen LogP) is 4.00. The van der Waals surface area contributed by atoms with Crippen molar-refractivity contribution < 1.29 is 14.3 Å². The average molecular weight is 425 g/mol. The average Bonchev–Trinajstić information content (AvgIpc) is 3.22. The largest absolute Gasteiger partial charge is 0.493 e. The van der Waals surface area contributed by atoms with Crippen molar-refractivity contribution in [3.05, 3.63) is 70.7 Å². The first-order valence-corrected chi connectivity index (χ1v) is 10.5. The lowest BCUT2D eigenvalue weighted by atomic mass is 10.1. The van der Waals surface area contributed by atoms with E-state index >= 15 is 0 Å². The van der Waals surface area contributed by atoms with E-state index in [2.05, 4.69) is 20.8 Å². The molecule has 0 atom stereocenters. The van der Waals surface area contributed by atoms with Crippen LogP contribution in [0.5, 0.6) is 5.75 Å². The van der Waals surface area contributed by atoms with Gasteiger partial charge in [-0.15, -0.1) is 10.2 Å². The highest BCUT2D eigenvalue weighted by molar-refractivity contribution is 7.15. The SMILES string of the molecule is CC(C)c1nnc(NC(=O)c2ccc(CNC(=O)CCOc3ccccc3)cc2)s1. The second-order valence-corrected chi connectivity index (χ2v) is 7.95. The number of anilines is 1. The molecule has 0 aliphatic rings. The van der Waals surface area contributed by atoms with E-state index < -0.39 is 0 Å². The summed E-state index contributed by atoms with van der Waals surface area (Å²) in [6.07, 6.45) is 0.273. The van der Waals surface area contributed by atoms with Gasteiger partial charge >= 0.3 is 0 Å². The highest BCUT2D eigenvalue weighted by Crippen LogP contribution is 2.22. The molecule has 2 N–H and O–H groups in total. The van der Waals surface area contributed by atoms with Crippen molar-refractivity contribution in [1.82, 2.24) is 15.5 Å². The van der Waals surface area contributed by atoms with Crippen LogP contribution in [0.1, 0.15) is 47.1 Å². The molecule has 2 amide bonds. The summed E-state index contributed by atoms with van der Waals surface area (Å²) in [6.45, 7) is 4.76. The van der Waals surface area contributed by atoms with Crippen LogP contribution in [-0.4, -0.2) is 28.6 Å². The first-order valence-electron chi connectivity index (χ1n) is 9.69. The normalized spacial score (nSPS) is 10.6. The van der Waals surface area contributed by atoms with Crippen LogP contribution < -0.4 is 15.4 Å². The van der Waals surface area contributed by atoms with E-state index in [-0.39, 0.29) is 24.2 Å². The summed E-state index contributed by atoms with van der Waals surface area (Å²) in [5, 5.41) is 15.0. The molecule has 0 fully saturated rings. The number of carbonyl (C=O) groups excluding carboxylic acids is 2. The van der Waals surface area contributed by atoms with E-state index in [1.54, 1.807) is 12.1 Å². The summed E-state index contributed by atoms with van der Waals surface area (Å²) < 4.78 is 5.52. The number of amides is 2. The van der Waals surface area contributed by atoms with E-state index in [4.69, 9.17) is 4.74 Å². The van der Waals surface area contributed by atoms with Gasteiger partial charge in [0.25, 0.3) is 5.91 Å². The molecule has 1 heterocycles. The third-order valence-electron chi connectivity index (χ3n) is 4.20. The summed E-state index contributed by atoms with van der Waals surface area (Å²) in [6, 6.07) is 16.5. The zero-order chi connectivity index (χ0) is 21.3. The highest BCUT2D eigenvalue weighted by Gasteiger charge is 2.12. The molecule has 3 rings (SSSR count). The van der Waals surface area contributed by atoms with Crippen LogP contribution in [0.25, 0.3) is 0 Å². The van der Waals surface area contributed by atoms with Gasteiger partial charge in [-0.2, -0.15) is 0 Å². The molecule has 7 nitrogen and oxygen atoms in total. The van der Waals surface area contributed by atoms with Crippen molar-refractivity contribution in [2.45, 2.75) is 32.7 Å². The topological polar surface area (TPSA) is 93.2 Å². The molecule has 8 heteroatoms. The van der Waals surface area contributed by atoms with E-state index in [0.717, 1.165) is 16.3 Å². The number of ether oxygens (including phenoxy) is 1. The van der Waals surface area contributed by atoms with Crippen LogP contribution in [-0.2, 0) is 11.3 Å². The molecule has 156 valence electrons. The minimum absolute atomic E-state index is 0.0926. The van der Waals surface area contributed by atoms with Gasteiger partial charge in [-0.05, 0) is 29.8 Å². The van der Waals surface area contributed by atoms with Gasteiger partial charge in [-0.1, -0.05) is 55.5 Å². The third-order valence-corrected chi connectivity index (χ3v) is 5.34. The number of hydrogen-bond acceptors (Lipinski definition) is 6. The van der Waals surface area contributed by atoms with Gasteiger partial charge in [0.05, 0.1) is 13.0 Å². The summed E-state index contributed by atoms with van der Waals surface area (Å²) in [4.78, 5) is 24.3. The van der Waals surface area contributed by atoms with Gasteiger partial charge in [0, 0.05) is 18.0 Å². The smallest absolute Gasteiger partial charge is 0.257 e. The number of rotatable bonds is 9. The Hall–Kier alpha value is -3.26. The summed E-state index contributed by atoms with van der Waals surface area (Å²) >= 11 is 1.37. The van der Waals surface area contributed by atoms with Crippen LogP contribution in [0.4, 0.5) is 5.13 Å². The molecule has 30 heavy (non-hydrogen) atoms. The van der Waals surface area contributed by atoms with E-state index in [1.807, 2.05) is 56.3 Å². The molecule has 2 aromatic carbocycles. The Morgan fingerprint density at radius 3 is 2.43 bits per heavy atom. The zero-order valence-corrected chi connectivity index (χ0v) is 17.7. The maximum Gasteiger partial charge on any atom is 0.257 e. The quantitative estimate of drug-likeness (QED) is 0.542. The number of hydrogen-bond donors (Lipinski definition) is 2. The first-order chi connectivity index (χ1) is 14.5. The molecule has 0 unspecified atom stereocenters. The van der Waals surface area contributed by atoms with Gasteiger partial charge < -0.3 is 10.1 Å². The number of aromatic nitrogens is 2. The van der Waals surface area contributed by atoms with Crippen molar-refractivity contribution in [2.75, 3.05) is 11.9 Å². The lowest BCUT2D eigenvalue weighted by molar-refractivity contribution is -0.121. The number of nitrogens with one attached hydrogen (secondary N) is 2. The van der Waals surface area contributed by atoms with E-state index in [0.29, 0.717) is 23.8 Å². The van der Waals surface area contributed by atoms with Gasteiger partial charge in [0.2, 0.25) is 11.0 Å². The van der Waals surface area contributed by atoms with E-state index in [1.165, 1.54) is 11.3 Å². The zero-order valence-electron chi connectivity index (χ0n) is 16.9. The van der Waals surface area contributed by atoms with Crippen molar-refractivity contribution in [2.24, 2.45) is 0 Å². The van der Waals surface area contributed by atoms with Crippen molar-refractivity contribution in [3.8, 4) is 5.75 Å². The second-order valence-electron chi connectivity index (χ2n) is 6.94. The second kappa shape index (κ2) is 10.5. The minimum Gasteiger partial charge on any atom is -0.493 e. The Labute approximate surface area is 179 Å². The summed E-state index contributed by atoms with van der Waals surface area (Å²) in [7, 11) is 0. The number of para-hydroxylation sites is 1. The number of nitrogens with zero attached hydrogens (tertiary/aromatic N) is 2. The summed E-state index contributed by atoms with van der Waals surface area (Å²) in [5.74, 6) is 0.681. The standard InChI is InChI=1S/C22H24N4O3S/c1-15(2)21-25-26-22(30-21)24-20(28)17-10-8-16(9-11-17)14-23-19(27)12-13-29-18-6-4-3-5-7-18/h3-11,15H,12-14H2,1-2H3,(H,23,27)(H,24,26,28). The molecule has 0 saturated heterocycles. The fraction of sp³-hybridized carbons (Fsp3) is 0.273. The molecular formula is C22H24N4O3S. The molecule has 0 saturated carbocycles. The number of carbonyl (C=O) groups is 2. The third kappa shape index (κ3) is 6.38. The molecule has 0 aliphatic carbocycles. The van der Waals surface area contributed by atoms with Crippen LogP contribution in [0.3, 0.4) is 0 Å². The Bertz CT molecular complexity index is 972. The lowest BCUT2D eigenvalue weighted by Crippen LogP contribution is -2.24.